The molecule has 4 heteroatoms. The van der Waals surface area contributed by atoms with Crippen LogP contribution in [0.15, 0.2) is 48.5 Å². The van der Waals surface area contributed by atoms with E-state index in [1.807, 2.05) is 48.5 Å². The van der Waals surface area contributed by atoms with E-state index >= 15 is 0 Å². The zero-order valence-corrected chi connectivity index (χ0v) is 16.2. The molecular formula is C22H29NO3. The van der Waals surface area contributed by atoms with Crippen LogP contribution in [0.2, 0.25) is 0 Å². The highest BCUT2D eigenvalue weighted by Crippen LogP contribution is 2.31. The van der Waals surface area contributed by atoms with Gasteiger partial charge in [-0.05, 0) is 35.6 Å². The summed E-state index contributed by atoms with van der Waals surface area (Å²) in [6, 6.07) is 15.3. The summed E-state index contributed by atoms with van der Waals surface area (Å²) in [5.41, 5.74) is 1.70. The molecule has 0 saturated heterocycles. The molecule has 0 bridgehead atoms. The summed E-state index contributed by atoms with van der Waals surface area (Å²) in [6.45, 7) is 9.08. The minimum atomic E-state index is -0.208. The number of carbonyl (C=O) groups excluding carboxylic acids is 1. The smallest absolute Gasteiger partial charge is 0.262 e. The molecular weight excluding hydrogens is 326 g/mol. The summed E-state index contributed by atoms with van der Waals surface area (Å²) in [4.78, 5) is 12.3. The third-order valence-corrected chi connectivity index (χ3v) is 3.97. The summed E-state index contributed by atoms with van der Waals surface area (Å²) in [5.74, 6) is 1.22. The molecule has 0 spiro atoms. The first-order chi connectivity index (χ1) is 12.4. The molecule has 0 aliphatic carbocycles. The maximum absolute atomic E-state index is 12.3. The van der Waals surface area contributed by atoms with Gasteiger partial charge in [-0.1, -0.05) is 64.4 Å². The van der Waals surface area contributed by atoms with Crippen LogP contribution in [0.25, 0.3) is 0 Å². The standard InChI is InChI=1S/C22H29NO3/c1-5-6-15-25-20-14-10-8-12-18(20)23-21(24)16-26-19-13-9-7-11-17(19)22(2,3)4/h7-14H,5-6,15-16H2,1-4H3,(H,23,24). The van der Waals surface area contributed by atoms with Crippen molar-refractivity contribution in [1.82, 2.24) is 0 Å². The Kier molecular flexibility index (Phi) is 7.07. The van der Waals surface area contributed by atoms with E-state index in [1.165, 1.54) is 0 Å². The highest BCUT2D eigenvalue weighted by atomic mass is 16.5. The van der Waals surface area contributed by atoms with Gasteiger partial charge in [-0.3, -0.25) is 4.79 Å². The third-order valence-electron chi connectivity index (χ3n) is 3.97. The number of hydrogen-bond donors (Lipinski definition) is 1. The molecule has 2 rings (SSSR count). The van der Waals surface area contributed by atoms with Crippen LogP contribution in [0.5, 0.6) is 11.5 Å². The molecule has 0 heterocycles. The number of unbranched alkanes of at least 4 members (excludes halogenated alkanes) is 1. The number of benzene rings is 2. The van der Waals surface area contributed by atoms with E-state index in [1.54, 1.807) is 0 Å². The molecule has 140 valence electrons. The second-order valence-corrected chi connectivity index (χ2v) is 7.28. The van der Waals surface area contributed by atoms with Crippen LogP contribution in [-0.2, 0) is 10.2 Å². The summed E-state index contributed by atoms with van der Waals surface area (Å²) >= 11 is 0. The largest absolute Gasteiger partial charge is 0.491 e. The number of hydrogen-bond acceptors (Lipinski definition) is 3. The van der Waals surface area contributed by atoms with E-state index in [2.05, 4.69) is 33.0 Å². The van der Waals surface area contributed by atoms with Crippen molar-refractivity contribution in [2.24, 2.45) is 0 Å². The second kappa shape index (κ2) is 9.27. The lowest BCUT2D eigenvalue weighted by atomic mass is 9.86. The maximum atomic E-state index is 12.3. The van der Waals surface area contributed by atoms with Crippen LogP contribution in [0.3, 0.4) is 0 Å². The van der Waals surface area contributed by atoms with Crippen LogP contribution in [-0.4, -0.2) is 19.1 Å². The summed E-state index contributed by atoms with van der Waals surface area (Å²) in [6.07, 6.45) is 2.05. The zero-order chi connectivity index (χ0) is 19.0. The average molecular weight is 355 g/mol. The van der Waals surface area contributed by atoms with E-state index in [-0.39, 0.29) is 17.9 Å². The van der Waals surface area contributed by atoms with Crippen molar-refractivity contribution in [2.45, 2.75) is 46.0 Å². The van der Waals surface area contributed by atoms with Crippen LogP contribution >= 0.6 is 0 Å². The van der Waals surface area contributed by atoms with E-state index in [4.69, 9.17) is 9.47 Å². The van der Waals surface area contributed by atoms with Crippen molar-refractivity contribution in [2.75, 3.05) is 18.5 Å². The first-order valence-electron chi connectivity index (χ1n) is 9.16. The summed E-state index contributed by atoms with van der Waals surface area (Å²) in [7, 11) is 0. The number of para-hydroxylation sites is 3. The normalized spacial score (nSPS) is 11.1. The fraction of sp³-hybridized carbons (Fsp3) is 0.409. The molecule has 1 amide bonds. The highest BCUT2D eigenvalue weighted by molar-refractivity contribution is 5.93. The van der Waals surface area contributed by atoms with Gasteiger partial charge in [0.2, 0.25) is 0 Å². The topological polar surface area (TPSA) is 47.6 Å². The lowest BCUT2D eigenvalue weighted by Crippen LogP contribution is -2.22. The molecule has 0 aliphatic rings. The van der Waals surface area contributed by atoms with Gasteiger partial charge in [-0.25, -0.2) is 0 Å². The second-order valence-electron chi connectivity index (χ2n) is 7.28. The van der Waals surface area contributed by atoms with Gasteiger partial charge in [0.25, 0.3) is 5.91 Å². The van der Waals surface area contributed by atoms with E-state index in [0.29, 0.717) is 18.0 Å². The quantitative estimate of drug-likeness (QED) is 0.664. The predicted octanol–water partition coefficient (Wildman–Crippen LogP) is 5.18. The van der Waals surface area contributed by atoms with Crippen LogP contribution in [0, 0.1) is 0 Å². The van der Waals surface area contributed by atoms with E-state index in [9.17, 15) is 4.79 Å². The van der Waals surface area contributed by atoms with Gasteiger partial charge in [0.1, 0.15) is 11.5 Å². The van der Waals surface area contributed by atoms with Gasteiger partial charge in [0, 0.05) is 0 Å². The SMILES string of the molecule is CCCCOc1ccccc1NC(=O)COc1ccccc1C(C)(C)C. The van der Waals surface area contributed by atoms with Gasteiger partial charge in [0.15, 0.2) is 6.61 Å². The van der Waals surface area contributed by atoms with Gasteiger partial charge >= 0.3 is 0 Å². The molecule has 0 fully saturated rings. The first-order valence-corrected chi connectivity index (χ1v) is 9.16. The Bertz CT molecular complexity index is 719. The summed E-state index contributed by atoms with van der Waals surface area (Å²) in [5, 5.41) is 2.88. The Morgan fingerprint density at radius 2 is 1.62 bits per heavy atom. The average Bonchev–Trinajstić information content (AvgIpc) is 2.61. The number of ether oxygens (including phenoxy) is 2. The first kappa shape index (κ1) is 19.8. The lowest BCUT2D eigenvalue weighted by Gasteiger charge is -2.22. The maximum Gasteiger partial charge on any atom is 0.262 e. The van der Waals surface area contributed by atoms with Gasteiger partial charge in [0.05, 0.1) is 12.3 Å². The molecule has 26 heavy (non-hydrogen) atoms. The fourth-order valence-corrected chi connectivity index (χ4v) is 2.56. The van der Waals surface area contributed by atoms with Crippen LogP contribution < -0.4 is 14.8 Å². The summed E-state index contributed by atoms with van der Waals surface area (Å²) < 4.78 is 11.5. The molecule has 0 unspecified atom stereocenters. The molecule has 0 atom stereocenters. The Morgan fingerprint density at radius 3 is 2.31 bits per heavy atom. The van der Waals surface area contributed by atoms with Crippen molar-refractivity contribution in [3.8, 4) is 11.5 Å². The molecule has 0 aromatic heterocycles. The van der Waals surface area contributed by atoms with Crippen LogP contribution in [0.1, 0.15) is 46.1 Å². The lowest BCUT2D eigenvalue weighted by molar-refractivity contribution is -0.118. The number of amides is 1. The van der Waals surface area contributed by atoms with Crippen molar-refractivity contribution in [1.29, 1.82) is 0 Å². The van der Waals surface area contributed by atoms with Crippen molar-refractivity contribution >= 4 is 11.6 Å². The molecule has 2 aromatic rings. The minimum Gasteiger partial charge on any atom is -0.491 e. The zero-order valence-electron chi connectivity index (χ0n) is 16.2. The molecule has 0 radical (unpaired) electrons. The minimum absolute atomic E-state index is 0.0453. The van der Waals surface area contributed by atoms with E-state index < -0.39 is 0 Å². The molecule has 1 N–H and O–H groups in total. The van der Waals surface area contributed by atoms with Crippen molar-refractivity contribution in [3.05, 3.63) is 54.1 Å². The number of nitrogens with one attached hydrogen (secondary N) is 1. The Balaban J connectivity index is 1.98. The molecule has 0 saturated carbocycles. The van der Waals surface area contributed by atoms with E-state index in [0.717, 1.165) is 24.2 Å². The predicted molar refractivity (Wildman–Crippen MR) is 106 cm³/mol. The number of carbonyl (C=O) groups is 1. The van der Waals surface area contributed by atoms with Crippen LogP contribution in [0.4, 0.5) is 5.69 Å². The monoisotopic (exact) mass is 355 g/mol. The van der Waals surface area contributed by atoms with Crippen molar-refractivity contribution < 1.29 is 14.3 Å². The molecule has 2 aromatic carbocycles. The third kappa shape index (κ3) is 5.80. The van der Waals surface area contributed by atoms with Crippen molar-refractivity contribution in [3.63, 3.8) is 0 Å². The molecule has 0 aliphatic heterocycles. The Morgan fingerprint density at radius 1 is 0.962 bits per heavy atom. The van der Waals surface area contributed by atoms with Gasteiger partial charge < -0.3 is 14.8 Å². The van der Waals surface area contributed by atoms with Gasteiger partial charge in [-0.2, -0.15) is 0 Å². The Labute approximate surface area is 156 Å². The van der Waals surface area contributed by atoms with Gasteiger partial charge in [-0.15, -0.1) is 0 Å². The highest BCUT2D eigenvalue weighted by Gasteiger charge is 2.19. The number of anilines is 1. The Hall–Kier alpha value is -2.49. The number of rotatable bonds is 8. The molecule has 4 nitrogen and oxygen atoms in total. The fourth-order valence-electron chi connectivity index (χ4n) is 2.56.